The first-order valence-corrected chi connectivity index (χ1v) is 8.17. The summed E-state index contributed by atoms with van der Waals surface area (Å²) in [5.41, 5.74) is 1.04. The quantitative estimate of drug-likeness (QED) is 0.260. The average Bonchev–Trinajstić information content (AvgIpc) is 2.60. The topological polar surface area (TPSA) is 69.7 Å². The van der Waals surface area contributed by atoms with Crippen molar-refractivity contribution in [2.75, 3.05) is 0 Å². The molecule has 5 nitrogen and oxygen atoms in total. The van der Waals surface area contributed by atoms with Crippen LogP contribution in [0.15, 0.2) is 60.2 Å². The normalized spacial score (nSPS) is 11.2. The van der Waals surface area contributed by atoms with E-state index in [-0.39, 0.29) is 17.5 Å². The minimum absolute atomic E-state index is 0.0345. The third-order valence-corrected chi connectivity index (χ3v) is 3.35. The minimum Gasteiger partial charge on any atom is -0.459 e. The molecule has 0 saturated heterocycles. The highest BCUT2D eigenvalue weighted by molar-refractivity contribution is 6.19. The Bertz CT molecular complexity index is 817. The lowest BCUT2D eigenvalue weighted by Crippen LogP contribution is -2.17. The van der Waals surface area contributed by atoms with Crippen LogP contribution in [0.3, 0.4) is 0 Å². The molecule has 0 aliphatic heterocycles. The molecule has 0 spiro atoms. The molecule has 5 heteroatoms. The maximum absolute atomic E-state index is 12.0. The summed E-state index contributed by atoms with van der Waals surface area (Å²) in [7, 11) is 0. The zero-order valence-electron chi connectivity index (χ0n) is 14.9. The van der Waals surface area contributed by atoms with Crippen LogP contribution < -0.4 is 4.74 Å². The van der Waals surface area contributed by atoms with Gasteiger partial charge in [-0.25, -0.2) is 9.59 Å². The first-order chi connectivity index (χ1) is 12.4. The van der Waals surface area contributed by atoms with Gasteiger partial charge in [-0.2, -0.15) is 0 Å². The number of carbonyl (C=O) groups excluding carboxylic acids is 3. The molecule has 0 atom stereocenters. The van der Waals surface area contributed by atoms with Crippen LogP contribution in [-0.4, -0.2) is 23.8 Å². The van der Waals surface area contributed by atoms with Gasteiger partial charge in [-0.15, -0.1) is 0 Å². The largest absolute Gasteiger partial charge is 0.459 e. The fourth-order valence-electron chi connectivity index (χ4n) is 2.12. The standard InChI is InChI=1S/C21H20O5/c1-14(2)25-21(24)19(15(3)22)13-16-9-11-18(12-10-16)26-20(23)17-7-5-4-6-8-17/h4-14H,1-3H3. The maximum Gasteiger partial charge on any atom is 0.343 e. The number of hydrogen-bond acceptors (Lipinski definition) is 5. The van der Waals surface area contributed by atoms with Gasteiger partial charge in [-0.3, -0.25) is 4.79 Å². The third kappa shape index (κ3) is 5.41. The monoisotopic (exact) mass is 352 g/mol. The minimum atomic E-state index is -0.660. The Morgan fingerprint density at radius 1 is 0.923 bits per heavy atom. The van der Waals surface area contributed by atoms with Gasteiger partial charge in [0.15, 0.2) is 5.78 Å². The summed E-state index contributed by atoms with van der Waals surface area (Å²) in [4.78, 5) is 35.7. The van der Waals surface area contributed by atoms with Gasteiger partial charge in [-0.1, -0.05) is 30.3 Å². The second-order valence-electron chi connectivity index (χ2n) is 5.89. The van der Waals surface area contributed by atoms with Crippen molar-refractivity contribution in [2.24, 2.45) is 0 Å². The number of carbonyl (C=O) groups is 3. The van der Waals surface area contributed by atoms with Crippen LogP contribution >= 0.6 is 0 Å². The molecule has 2 rings (SSSR count). The Morgan fingerprint density at radius 2 is 1.54 bits per heavy atom. The lowest BCUT2D eigenvalue weighted by molar-refractivity contribution is -0.143. The summed E-state index contributed by atoms with van der Waals surface area (Å²) in [5.74, 6) is -1.13. The van der Waals surface area contributed by atoms with Crippen LogP contribution in [0.5, 0.6) is 5.75 Å². The van der Waals surface area contributed by atoms with Crippen molar-refractivity contribution in [2.45, 2.75) is 26.9 Å². The van der Waals surface area contributed by atoms with Gasteiger partial charge in [0.05, 0.1) is 11.7 Å². The molecule has 0 heterocycles. The van der Waals surface area contributed by atoms with E-state index < -0.39 is 11.9 Å². The molecule has 0 radical (unpaired) electrons. The molecule has 2 aromatic rings. The van der Waals surface area contributed by atoms with Gasteiger partial charge in [0, 0.05) is 0 Å². The summed E-state index contributed by atoms with van der Waals surface area (Å²) in [6, 6.07) is 15.1. The Hall–Kier alpha value is -3.21. The van der Waals surface area contributed by atoms with Gasteiger partial charge < -0.3 is 9.47 Å². The molecule has 0 bridgehead atoms. The molecule has 0 saturated carbocycles. The van der Waals surface area contributed by atoms with Crippen LogP contribution in [-0.2, 0) is 14.3 Å². The molecule has 0 fully saturated rings. The van der Waals surface area contributed by atoms with Crippen LogP contribution in [0.2, 0.25) is 0 Å². The summed E-state index contributed by atoms with van der Waals surface area (Å²) >= 11 is 0. The summed E-state index contributed by atoms with van der Waals surface area (Å²) in [6.07, 6.45) is 1.14. The van der Waals surface area contributed by atoms with Crippen LogP contribution in [0.4, 0.5) is 0 Å². The van der Waals surface area contributed by atoms with E-state index in [4.69, 9.17) is 9.47 Å². The van der Waals surface area contributed by atoms with E-state index in [1.54, 1.807) is 62.4 Å². The van der Waals surface area contributed by atoms with Gasteiger partial charge in [-0.05, 0) is 56.7 Å². The van der Waals surface area contributed by atoms with Gasteiger partial charge in [0.25, 0.3) is 0 Å². The number of Topliss-reactive ketones (excluding diaryl/α,β-unsaturated/α-hetero) is 1. The molecule has 0 aliphatic rings. The highest BCUT2D eigenvalue weighted by Crippen LogP contribution is 2.17. The van der Waals surface area contributed by atoms with Crippen LogP contribution in [0, 0.1) is 0 Å². The van der Waals surface area contributed by atoms with Gasteiger partial charge in [0.2, 0.25) is 0 Å². The smallest absolute Gasteiger partial charge is 0.343 e. The average molecular weight is 352 g/mol. The van der Waals surface area contributed by atoms with Crippen molar-refractivity contribution in [3.63, 3.8) is 0 Å². The zero-order chi connectivity index (χ0) is 19.1. The van der Waals surface area contributed by atoms with E-state index in [9.17, 15) is 14.4 Å². The molecule has 2 aromatic carbocycles. The number of benzene rings is 2. The lowest BCUT2D eigenvalue weighted by atomic mass is 10.1. The third-order valence-electron chi connectivity index (χ3n) is 3.35. The first-order valence-electron chi connectivity index (χ1n) is 8.17. The van der Waals surface area contributed by atoms with Crippen LogP contribution in [0.25, 0.3) is 6.08 Å². The SMILES string of the molecule is CC(=O)C(=Cc1ccc(OC(=O)c2ccccc2)cc1)C(=O)OC(C)C. The molecule has 0 amide bonds. The van der Waals surface area contributed by atoms with E-state index in [0.717, 1.165) is 0 Å². The van der Waals surface area contributed by atoms with Crippen molar-refractivity contribution < 1.29 is 23.9 Å². The van der Waals surface area contributed by atoms with E-state index >= 15 is 0 Å². The fraction of sp³-hybridized carbons (Fsp3) is 0.190. The Balaban J connectivity index is 2.13. The number of hydrogen-bond donors (Lipinski definition) is 0. The summed E-state index contributed by atoms with van der Waals surface area (Å²) in [5, 5.41) is 0. The molecule has 0 aliphatic carbocycles. The van der Waals surface area contributed by atoms with Crippen LogP contribution in [0.1, 0.15) is 36.7 Å². The van der Waals surface area contributed by atoms with E-state index in [1.165, 1.54) is 13.0 Å². The molecule has 26 heavy (non-hydrogen) atoms. The molecule has 0 N–H and O–H groups in total. The Labute approximate surface area is 152 Å². The van der Waals surface area contributed by atoms with E-state index in [0.29, 0.717) is 16.9 Å². The van der Waals surface area contributed by atoms with E-state index in [2.05, 4.69) is 0 Å². The number of ketones is 1. The fourth-order valence-corrected chi connectivity index (χ4v) is 2.12. The summed E-state index contributed by atoms with van der Waals surface area (Å²) in [6.45, 7) is 4.74. The summed E-state index contributed by atoms with van der Waals surface area (Å²) < 4.78 is 10.4. The highest BCUT2D eigenvalue weighted by Gasteiger charge is 2.17. The maximum atomic E-state index is 12.0. The van der Waals surface area contributed by atoms with Crippen molar-refractivity contribution in [1.29, 1.82) is 0 Å². The molecule has 0 aromatic heterocycles. The zero-order valence-corrected chi connectivity index (χ0v) is 14.9. The first kappa shape index (κ1) is 19.1. The lowest BCUT2D eigenvalue weighted by Gasteiger charge is -2.09. The van der Waals surface area contributed by atoms with Gasteiger partial charge >= 0.3 is 11.9 Å². The highest BCUT2D eigenvalue weighted by atomic mass is 16.5. The van der Waals surface area contributed by atoms with Gasteiger partial charge in [0.1, 0.15) is 11.3 Å². The number of ether oxygens (including phenoxy) is 2. The molecule has 0 unspecified atom stereocenters. The molecular weight excluding hydrogens is 332 g/mol. The number of esters is 2. The Morgan fingerprint density at radius 3 is 2.08 bits per heavy atom. The van der Waals surface area contributed by atoms with Crippen molar-refractivity contribution >= 4 is 23.8 Å². The predicted octanol–water partition coefficient (Wildman–Crippen LogP) is 3.83. The van der Waals surface area contributed by atoms with E-state index in [1.807, 2.05) is 6.07 Å². The second kappa shape index (κ2) is 8.76. The number of rotatable bonds is 6. The van der Waals surface area contributed by atoms with Crippen molar-refractivity contribution in [1.82, 2.24) is 0 Å². The molecule has 134 valence electrons. The molecular formula is C21H20O5. The second-order valence-corrected chi connectivity index (χ2v) is 5.89. The predicted molar refractivity (Wildman–Crippen MR) is 97.7 cm³/mol. The van der Waals surface area contributed by atoms with Crippen molar-refractivity contribution in [3.8, 4) is 5.75 Å². The van der Waals surface area contributed by atoms with Crippen molar-refractivity contribution in [3.05, 3.63) is 71.3 Å². The Kier molecular flexibility index (Phi) is 6.44.